The van der Waals surface area contributed by atoms with E-state index in [2.05, 4.69) is 10.3 Å². The van der Waals surface area contributed by atoms with Gasteiger partial charge in [-0.25, -0.2) is 4.79 Å². The Morgan fingerprint density at radius 1 is 1.41 bits per heavy atom. The molecule has 0 aromatic carbocycles. The number of aromatic nitrogens is 1. The molecule has 1 aromatic rings. The number of hydrogen-bond donors (Lipinski definition) is 4. The van der Waals surface area contributed by atoms with Crippen LogP contribution < -0.4 is 10.9 Å². The van der Waals surface area contributed by atoms with Crippen molar-refractivity contribution in [2.75, 3.05) is 13.1 Å². The van der Waals surface area contributed by atoms with E-state index in [1.165, 1.54) is 12.1 Å². The second-order valence-electron chi connectivity index (χ2n) is 4.12. The topological polar surface area (TPSA) is 102 Å². The number of pyridine rings is 1. The number of rotatable bonds is 2. The van der Waals surface area contributed by atoms with E-state index in [0.717, 1.165) is 6.54 Å². The van der Waals surface area contributed by atoms with Crippen LogP contribution in [0, 0.1) is 0 Å². The van der Waals surface area contributed by atoms with Gasteiger partial charge < -0.3 is 20.5 Å². The van der Waals surface area contributed by atoms with Crippen molar-refractivity contribution in [3.05, 3.63) is 33.7 Å². The summed E-state index contributed by atoms with van der Waals surface area (Å²) in [5.74, 6) is -1.43. The van der Waals surface area contributed by atoms with Crippen LogP contribution in [0.3, 0.4) is 0 Å². The van der Waals surface area contributed by atoms with E-state index in [0.29, 0.717) is 18.5 Å². The molecule has 92 valence electrons. The minimum Gasteiger partial charge on any atom is -0.477 e. The number of hydrogen-bond acceptors (Lipinski definition) is 4. The molecule has 1 aliphatic rings. The number of carboxylic acid groups (broad SMARTS) is 1. The molecule has 1 saturated heterocycles. The summed E-state index contributed by atoms with van der Waals surface area (Å²) in [7, 11) is 0. The highest BCUT2D eigenvalue weighted by atomic mass is 16.4. The molecule has 6 nitrogen and oxygen atoms in total. The van der Waals surface area contributed by atoms with E-state index >= 15 is 0 Å². The standard InChI is InChI=1S/C11H14N2O4/c14-8-5-12-4-3-6(8)7-1-2-9(15)13-10(7)11(16)17/h1-2,6,8,12,14H,3-5H2,(H,13,15)(H,16,17). The number of nitrogens with one attached hydrogen (secondary N) is 2. The van der Waals surface area contributed by atoms with Gasteiger partial charge in [-0.1, -0.05) is 6.07 Å². The number of aliphatic hydroxyl groups is 1. The monoisotopic (exact) mass is 238 g/mol. The minimum atomic E-state index is -1.18. The Labute approximate surface area is 97.3 Å². The van der Waals surface area contributed by atoms with Crippen molar-refractivity contribution in [2.45, 2.75) is 18.4 Å². The van der Waals surface area contributed by atoms with E-state index in [4.69, 9.17) is 5.11 Å². The molecular formula is C11H14N2O4. The molecule has 17 heavy (non-hydrogen) atoms. The Kier molecular flexibility index (Phi) is 3.26. The van der Waals surface area contributed by atoms with Crippen LogP contribution in [-0.2, 0) is 0 Å². The van der Waals surface area contributed by atoms with Crippen LogP contribution in [0.5, 0.6) is 0 Å². The van der Waals surface area contributed by atoms with Crippen molar-refractivity contribution in [3.8, 4) is 0 Å². The quantitative estimate of drug-likeness (QED) is 0.557. The van der Waals surface area contributed by atoms with Crippen LogP contribution >= 0.6 is 0 Å². The highest BCUT2D eigenvalue weighted by molar-refractivity contribution is 5.87. The SMILES string of the molecule is O=C(O)c1[nH]c(=O)ccc1C1CCNCC1O. The smallest absolute Gasteiger partial charge is 0.352 e. The summed E-state index contributed by atoms with van der Waals surface area (Å²) in [6.45, 7) is 1.16. The van der Waals surface area contributed by atoms with E-state index in [-0.39, 0.29) is 11.6 Å². The van der Waals surface area contributed by atoms with Crippen molar-refractivity contribution < 1.29 is 15.0 Å². The fourth-order valence-corrected chi connectivity index (χ4v) is 2.18. The van der Waals surface area contributed by atoms with E-state index in [9.17, 15) is 14.7 Å². The molecule has 6 heteroatoms. The summed E-state index contributed by atoms with van der Waals surface area (Å²) in [6.07, 6.45) is 0.0146. The lowest BCUT2D eigenvalue weighted by Crippen LogP contribution is -2.40. The Balaban J connectivity index is 2.43. The van der Waals surface area contributed by atoms with Crippen LogP contribution in [0.1, 0.15) is 28.4 Å². The van der Waals surface area contributed by atoms with Gasteiger partial charge >= 0.3 is 5.97 Å². The Bertz CT molecular complexity index is 483. The van der Waals surface area contributed by atoms with Crippen molar-refractivity contribution >= 4 is 5.97 Å². The second-order valence-corrected chi connectivity index (χ2v) is 4.12. The lowest BCUT2D eigenvalue weighted by molar-refractivity contribution is 0.0683. The molecule has 0 aliphatic carbocycles. The molecular weight excluding hydrogens is 224 g/mol. The largest absolute Gasteiger partial charge is 0.477 e. The summed E-state index contributed by atoms with van der Waals surface area (Å²) in [6, 6.07) is 2.78. The van der Waals surface area contributed by atoms with Gasteiger partial charge in [-0.2, -0.15) is 0 Å². The number of aliphatic hydroxyl groups excluding tert-OH is 1. The Morgan fingerprint density at radius 3 is 2.82 bits per heavy atom. The van der Waals surface area contributed by atoms with Crippen LogP contribution in [0.2, 0.25) is 0 Å². The molecule has 0 spiro atoms. The first-order chi connectivity index (χ1) is 8.09. The van der Waals surface area contributed by atoms with Gasteiger partial charge in [0.1, 0.15) is 5.69 Å². The van der Waals surface area contributed by atoms with Crippen molar-refractivity contribution in [1.29, 1.82) is 0 Å². The molecule has 0 radical (unpaired) electrons. The number of aromatic carboxylic acids is 1. The third-order valence-electron chi connectivity index (χ3n) is 3.01. The number of aromatic amines is 1. The molecule has 2 heterocycles. The molecule has 2 atom stereocenters. The maximum atomic E-state index is 11.1. The molecule has 2 rings (SSSR count). The first-order valence-electron chi connectivity index (χ1n) is 5.45. The molecule has 1 fully saturated rings. The Hall–Kier alpha value is -1.66. The van der Waals surface area contributed by atoms with Gasteiger partial charge in [0.15, 0.2) is 0 Å². The van der Waals surface area contributed by atoms with E-state index in [1.54, 1.807) is 0 Å². The maximum Gasteiger partial charge on any atom is 0.352 e. The molecule has 2 unspecified atom stereocenters. The van der Waals surface area contributed by atoms with E-state index in [1.807, 2.05) is 0 Å². The molecule has 1 aliphatic heterocycles. The third-order valence-corrected chi connectivity index (χ3v) is 3.01. The number of carboxylic acids is 1. The molecule has 0 saturated carbocycles. The van der Waals surface area contributed by atoms with Crippen molar-refractivity contribution in [2.24, 2.45) is 0 Å². The highest BCUT2D eigenvalue weighted by Crippen LogP contribution is 2.26. The number of β-amino-alcohol motifs (C(OH)–C–C–N with tert-alkyl or cyclic N) is 1. The summed E-state index contributed by atoms with van der Waals surface area (Å²) < 4.78 is 0. The van der Waals surface area contributed by atoms with Crippen molar-refractivity contribution in [3.63, 3.8) is 0 Å². The fraction of sp³-hybridized carbons (Fsp3) is 0.455. The van der Waals surface area contributed by atoms with Gasteiger partial charge in [0.05, 0.1) is 6.10 Å². The summed E-state index contributed by atoms with van der Waals surface area (Å²) in [5.41, 5.74) is -0.0795. The predicted molar refractivity (Wildman–Crippen MR) is 60.3 cm³/mol. The average Bonchev–Trinajstić information content (AvgIpc) is 2.30. The summed E-state index contributed by atoms with van der Waals surface area (Å²) in [5, 5.41) is 21.9. The van der Waals surface area contributed by atoms with Gasteiger partial charge in [-0.15, -0.1) is 0 Å². The van der Waals surface area contributed by atoms with Crippen LogP contribution in [0.15, 0.2) is 16.9 Å². The van der Waals surface area contributed by atoms with Crippen LogP contribution in [-0.4, -0.2) is 40.4 Å². The number of H-pyrrole nitrogens is 1. The first-order valence-corrected chi connectivity index (χ1v) is 5.45. The normalized spacial score (nSPS) is 24.5. The summed E-state index contributed by atoms with van der Waals surface area (Å²) >= 11 is 0. The molecule has 1 aromatic heterocycles. The lowest BCUT2D eigenvalue weighted by Gasteiger charge is -2.29. The van der Waals surface area contributed by atoms with Gasteiger partial charge in [-0.05, 0) is 18.5 Å². The maximum absolute atomic E-state index is 11.1. The minimum absolute atomic E-state index is 0.122. The van der Waals surface area contributed by atoms with Gasteiger partial charge in [0.25, 0.3) is 0 Å². The highest BCUT2D eigenvalue weighted by Gasteiger charge is 2.28. The summed E-state index contributed by atoms with van der Waals surface area (Å²) in [4.78, 5) is 24.5. The number of piperidine rings is 1. The third kappa shape index (κ3) is 2.37. The lowest BCUT2D eigenvalue weighted by atomic mass is 9.87. The van der Waals surface area contributed by atoms with Gasteiger partial charge in [0.2, 0.25) is 5.56 Å². The fourth-order valence-electron chi connectivity index (χ4n) is 2.18. The number of carbonyl (C=O) groups is 1. The molecule has 0 bridgehead atoms. The zero-order chi connectivity index (χ0) is 12.4. The van der Waals surface area contributed by atoms with E-state index < -0.39 is 17.6 Å². The van der Waals surface area contributed by atoms with Gasteiger partial charge in [0, 0.05) is 18.5 Å². The molecule has 4 N–H and O–H groups in total. The first kappa shape index (κ1) is 11.8. The Morgan fingerprint density at radius 2 is 2.18 bits per heavy atom. The van der Waals surface area contributed by atoms with Gasteiger partial charge in [-0.3, -0.25) is 4.79 Å². The van der Waals surface area contributed by atoms with Crippen LogP contribution in [0.4, 0.5) is 0 Å². The second kappa shape index (κ2) is 4.68. The van der Waals surface area contributed by atoms with Crippen molar-refractivity contribution in [1.82, 2.24) is 10.3 Å². The zero-order valence-corrected chi connectivity index (χ0v) is 9.14. The zero-order valence-electron chi connectivity index (χ0n) is 9.14. The predicted octanol–water partition coefficient (Wildman–Crippen LogP) is -0.489. The average molecular weight is 238 g/mol. The van der Waals surface area contributed by atoms with Crippen LogP contribution in [0.25, 0.3) is 0 Å². The molecule has 0 amide bonds.